The van der Waals surface area contributed by atoms with Crippen molar-refractivity contribution in [3.63, 3.8) is 0 Å². The van der Waals surface area contributed by atoms with Gasteiger partial charge in [0.1, 0.15) is 11.9 Å². The van der Waals surface area contributed by atoms with Crippen molar-refractivity contribution in [1.82, 2.24) is 20.7 Å². The molecule has 0 aromatic heterocycles. The van der Waals surface area contributed by atoms with Gasteiger partial charge in [0.15, 0.2) is 0 Å². The Labute approximate surface area is 199 Å². The summed E-state index contributed by atoms with van der Waals surface area (Å²) in [5.41, 5.74) is 8.28. The SMILES string of the molecule is CC(C)C(C(=O)N(C)CCCC1CC(c2ccc(F)cc2)NN1)N1C(=O)c2ccccc2C1=O. The maximum absolute atomic E-state index is 13.3. The van der Waals surface area contributed by atoms with Crippen LogP contribution in [0.15, 0.2) is 48.5 Å². The average molecular weight is 467 g/mol. The number of hydrogen-bond donors (Lipinski definition) is 2. The monoisotopic (exact) mass is 466 g/mol. The van der Waals surface area contributed by atoms with Crippen molar-refractivity contribution >= 4 is 17.7 Å². The zero-order valence-electron chi connectivity index (χ0n) is 19.8. The molecule has 8 heteroatoms. The minimum atomic E-state index is -0.841. The molecule has 3 unspecified atom stereocenters. The molecule has 0 aliphatic carbocycles. The third-order valence-corrected chi connectivity index (χ3v) is 6.66. The number of amides is 3. The van der Waals surface area contributed by atoms with Crippen LogP contribution < -0.4 is 10.9 Å². The molecular formula is C26H31FN4O3. The molecule has 0 saturated carbocycles. The van der Waals surface area contributed by atoms with Gasteiger partial charge in [-0.1, -0.05) is 38.1 Å². The molecule has 4 rings (SSSR count). The van der Waals surface area contributed by atoms with E-state index in [1.807, 2.05) is 13.8 Å². The van der Waals surface area contributed by atoms with E-state index in [-0.39, 0.29) is 29.7 Å². The Morgan fingerprint density at radius 3 is 2.26 bits per heavy atom. The molecule has 0 spiro atoms. The number of benzene rings is 2. The number of carbonyl (C=O) groups excluding carboxylic acids is 3. The number of likely N-dealkylation sites (N-methyl/N-ethyl adjacent to an activating group) is 1. The van der Waals surface area contributed by atoms with Gasteiger partial charge in [-0.25, -0.2) is 4.39 Å². The second-order valence-electron chi connectivity index (χ2n) is 9.44. The first-order valence-electron chi connectivity index (χ1n) is 11.8. The molecule has 1 saturated heterocycles. The summed E-state index contributed by atoms with van der Waals surface area (Å²) in [5, 5.41) is 0. The minimum Gasteiger partial charge on any atom is -0.344 e. The van der Waals surface area contributed by atoms with Gasteiger partial charge in [-0.3, -0.25) is 30.1 Å². The predicted molar refractivity (Wildman–Crippen MR) is 126 cm³/mol. The fourth-order valence-electron chi connectivity index (χ4n) is 4.79. The third-order valence-electron chi connectivity index (χ3n) is 6.66. The number of imide groups is 1. The molecule has 2 aromatic carbocycles. The van der Waals surface area contributed by atoms with Crippen molar-refractivity contribution in [2.24, 2.45) is 5.92 Å². The highest BCUT2D eigenvalue weighted by molar-refractivity contribution is 6.22. The first-order chi connectivity index (χ1) is 16.3. The van der Waals surface area contributed by atoms with Gasteiger partial charge in [0.05, 0.1) is 11.1 Å². The summed E-state index contributed by atoms with van der Waals surface area (Å²) in [6, 6.07) is 12.7. The molecule has 0 radical (unpaired) electrons. The largest absolute Gasteiger partial charge is 0.344 e. The van der Waals surface area contributed by atoms with E-state index in [9.17, 15) is 18.8 Å². The van der Waals surface area contributed by atoms with Crippen LogP contribution in [-0.2, 0) is 4.79 Å². The summed E-state index contributed by atoms with van der Waals surface area (Å²) in [4.78, 5) is 41.9. The van der Waals surface area contributed by atoms with Crippen LogP contribution in [-0.4, -0.2) is 53.2 Å². The standard InChI is InChI=1S/C26H31FN4O3/c1-16(2)23(31-24(32)20-8-4-5-9-21(20)25(31)33)26(34)30(3)14-6-7-19-15-22(29-28-19)17-10-12-18(27)13-11-17/h4-5,8-13,16,19,22-23,28-29H,6-7,14-15H2,1-3H3. The van der Waals surface area contributed by atoms with Crippen LogP contribution in [0.25, 0.3) is 0 Å². The summed E-state index contributed by atoms with van der Waals surface area (Å²) >= 11 is 0. The molecule has 34 heavy (non-hydrogen) atoms. The Kier molecular flexibility index (Phi) is 7.09. The van der Waals surface area contributed by atoms with Crippen LogP contribution >= 0.6 is 0 Å². The van der Waals surface area contributed by atoms with Crippen LogP contribution in [0, 0.1) is 11.7 Å². The second kappa shape index (κ2) is 10.0. The number of nitrogens with one attached hydrogen (secondary N) is 2. The van der Waals surface area contributed by atoms with Gasteiger partial charge in [0.2, 0.25) is 5.91 Å². The molecule has 7 nitrogen and oxygen atoms in total. The molecule has 0 bridgehead atoms. The smallest absolute Gasteiger partial charge is 0.262 e. The third kappa shape index (κ3) is 4.74. The molecule has 2 N–H and O–H groups in total. The lowest BCUT2D eigenvalue weighted by Crippen LogP contribution is -2.52. The van der Waals surface area contributed by atoms with E-state index in [0.29, 0.717) is 17.7 Å². The van der Waals surface area contributed by atoms with E-state index in [1.165, 1.54) is 12.1 Å². The maximum atomic E-state index is 13.3. The summed E-state index contributed by atoms with van der Waals surface area (Å²) in [5.74, 6) is -1.51. The molecule has 180 valence electrons. The van der Waals surface area contributed by atoms with Crippen LogP contribution in [0.3, 0.4) is 0 Å². The van der Waals surface area contributed by atoms with E-state index in [1.54, 1.807) is 48.3 Å². The Morgan fingerprint density at radius 2 is 1.68 bits per heavy atom. The highest BCUT2D eigenvalue weighted by atomic mass is 19.1. The van der Waals surface area contributed by atoms with Crippen molar-refractivity contribution < 1.29 is 18.8 Å². The van der Waals surface area contributed by atoms with Crippen molar-refractivity contribution in [3.05, 3.63) is 71.0 Å². The molecular weight excluding hydrogens is 435 g/mol. The van der Waals surface area contributed by atoms with E-state index < -0.39 is 17.9 Å². The number of rotatable bonds is 8. The molecule has 2 aliphatic heterocycles. The Bertz CT molecular complexity index is 1040. The maximum Gasteiger partial charge on any atom is 0.262 e. The highest BCUT2D eigenvalue weighted by Gasteiger charge is 2.44. The number of hydrazine groups is 1. The Morgan fingerprint density at radius 1 is 1.06 bits per heavy atom. The first-order valence-corrected chi connectivity index (χ1v) is 11.8. The lowest BCUT2D eigenvalue weighted by Gasteiger charge is -2.32. The number of hydrogen-bond acceptors (Lipinski definition) is 5. The normalized spacial score (nSPS) is 20.7. The number of fused-ring (bicyclic) bond motifs is 1. The van der Waals surface area contributed by atoms with E-state index in [4.69, 9.17) is 0 Å². The van der Waals surface area contributed by atoms with Gasteiger partial charge in [0, 0.05) is 25.7 Å². The number of nitrogens with zero attached hydrogens (tertiary/aromatic N) is 2. The van der Waals surface area contributed by atoms with Crippen molar-refractivity contribution in [3.8, 4) is 0 Å². The van der Waals surface area contributed by atoms with Crippen LogP contribution in [0.4, 0.5) is 4.39 Å². The molecule has 2 heterocycles. The fourth-order valence-corrected chi connectivity index (χ4v) is 4.79. The topological polar surface area (TPSA) is 81.8 Å². The Hall–Kier alpha value is -3.10. The van der Waals surface area contributed by atoms with Gasteiger partial charge in [-0.05, 0) is 55.0 Å². The van der Waals surface area contributed by atoms with Gasteiger partial charge >= 0.3 is 0 Å². The predicted octanol–water partition coefficient (Wildman–Crippen LogP) is 3.29. The van der Waals surface area contributed by atoms with Crippen LogP contribution in [0.5, 0.6) is 0 Å². The zero-order valence-corrected chi connectivity index (χ0v) is 19.8. The quantitative estimate of drug-likeness (QED) is 0.584. The summed E-state index contributed by atoms with van der Waals surface area (Å²) in [6.45, 7) is 4.22. The average Bonchev–Trinajstić information content (AvgIpc) is 3.38. The second-order valence-corrected chi connectivity index (χ2v) is 9.44. The van der Waals surface area contributed by atoms with E-state index >= 15 is 0 Å². The van der Waals surface area contributed by atoms with Crippen LogP contribution in [0.2, 0.25) is 0 Å². The van der Waals surface area contributed by atoms with Gasteiger partial charge < -0.3 is 4.90 Å². The van der Waals surface area contributed by atoms with Gasteiger partial charge in [-0.2, -0.15) is 0 Å². The van der Waals surface area contributed by atoms with Crippen LogP contribution in [0.1, 0.15) is 65.4 Å². The Balaban J connectivity index is 1.32. The molecule has 3 amide bonds. The van der Waals surface area contributed by atoms with Crippen molar-refractivity contribution in [2.75, 3.05) is 13.6 Å². The summed E-state index contributed by atoms with van der Waals surface area (Å²) < 4.78 is 13.2. The van der Waals surface area contributed by atoms with Crippen molar-refractivity contribution in [1.29, 1.82) is 0 Å². The molecule has 3 atom stereocenters. The molecule has 1 fully saturated rings. The van der Waals surface area contributed by atoms with Gasteiger partial charge in [0.25, 0.3) is 11.8 Å². The molecule has 2 aliphatic rings. The zero-order chi connectivity index (χ0) is 24.4. The lowest BCUT2D eigenvalue weighted by atomic mass is 9.99. The minimum absolute atomic E-state index is 0.115. The fraction of sp³-hybridized carbons (Fsp3) is 0.423. The number of carbonyl (C=O) groups is 3. The summed E-state index contributed by atoms with van der Waals surface area (Å²) in [7, 11) is 1.72. The highest BCUT2D eigenvalue weighted by Crippen LogP contribution is 2.28. The van der Waals surface area contributed by atoms with E-state index in [0.717, 1.165) is 29.7 Å². The van der Waals surface area contributed by atoms with E-state index in [2.05, 4.69) is 10.9 Å². The van der Waals surface area contributed by atoms with Gasteiger partial charge in [-0.15, -0.1) is 0 Å². The number of halogens is 1. The lowest BCUT2D eigenvalue weighted by molar-refractivity contribution is -0.135. The first kappa shape index (κ1) is 24.0. The summed E-state index contributed by atoms with van der Waals surface area (Å²) in [6.07, 6.45) is 2.49. The van der Waals surface area contributed by atoms with Crippen molar-refractivity contribution in [2.45, 2.75) is 51.2 Å². The molecule has 2 aromatic rings.